The highest BCUT2D eigenvalue weighted by Gasteiger charge is 2.35. The van der Waals surface area contributed by atoms with Gasteiger partial charge in [0.05, 0.1) is 11.7 Å². The van der Waals surface area contributed by atoms with Gasteiger partial charge >= 0.3 is 0 Å². The Bertz CT molecular complexity index is 380. The number of fused-ring (bicyclic) bond motifs is 3. The maximum absolute atomic E-state index is 4.77. The summed E-state index contributed by atoms with van der Waals surface area (Å²) in [6.07, 6.45) is 5.11. The zero-order valence-electron chi connectivity index (χ0n) is 9.58. The Balaban J connectivity index is 2.06. The lowest BCUT2D eigenvalue weighted by Crippen LogP contribution is -2.29. The van der Waals surface area contributed by atoms with Gasteiger partial charge in [0.1, 0.15) is 5.82 Å². The molecule has 1 fully saturated rings. The van der Waals surface area contributed by atoms with E-state index in [2.05, 4.69) is 23.8 Å². The minimum Gasteiger partial charge on any atom is -0.370 e. The summed E-state index contributed by atoms with van der Waals surface area (Å²) >= 11 is 0. The third kappa shape index (κ3) is 1.22. The normalized spacial score (nSPS) is 28.4. The summed E-state index contributed by atoms with van der Waals surface area (Å²) in [5, 5.41) is 8.32. The van der Waals surface area contributed by atoms with E-state index in [-0.39, 0.29) is 0 Å². The van der Waals surface area contributed by atoms with Crippen LogP contribution >= 0.6 is 0 Å². The molecule has 2 aliphatic rings. The predicted octanol–water partition coefficient (Wildman–Crippen LogP) is 2.52. The zero-order valence-corrected chi connectivity index (χ0v) is 9.58. The van der Waals surface area contributed by atoms with E-state index < -0.39 is 0 Å². The topological polar surface area (TPSA) is 29.9 Å². The van der Waals surface area contributed by atoms with Gasteiger partial charge in [0.15, 0.2) is 0 Å². The van der Waals surface area contributed by atoms with Crippen molar-refractivity contribution in [2.45, 2.75) is 45.6 Å². The second kappa shape index (κ2) is 3.26. The Morgan fingerprint density at radius 2 is 2.33 bits per heavy atom. The van der Waals surface area contributed by atoms with Crippen LogP contribution in [0, 0.1) is 12.8 Å². The Kier molecular flexibility index (Phi) is 2.01. The summed E-state index contributed by atoms with van der Waals surface area (Å²) < 4.78 is 2.27. The van der Waals surface area contributed by atoms with Crippen LogP contribution in [-0.2, 0) is 6.42 Å². The number of aromatic nitrogens is 2. The smallest absolute Gasteiger partial charge is 0.127 e. The molecule has 3 heteroatoms. The van der Waals surface area contributed by atoms with E-state index in [0.717, 1.165) is 18.9 Å². The molecule has 3 nitrogen and oxygen atoms in total. The molecular formula is C12H19N3. The summed E-state index contributed by atoms with van der Waals surface area (Å²) in [5.41, 5.74) is 2.63. The second-order valence-electron chi connectivity index (χ2n) is 4.86. The van der Waals surface area contributed by atoms with Gasteiger partial charge in [0.25, 0.3) is 0 Å². The molecule has 1 aromatic rings. The molecule has 0 saturated heterocycles. The van der Waals surface area contributed by atoms with Gasteiger partial charge in [-0.2, -0.15) is 5.10 Å². The van der Waals surface area contributed by atoms with E-state index in [1.54, 1.807) is 0 Å². The summed E-state index contributed by atoms with van der Waals surface area (Å²) in [7, 11) is 0. The third-order valence-corrected chi connectivity index (χ3v) is 4.05. The monoisotopic (exact) mass is 205 g/mol. The van der Waals surface area contributed by atoms with Gasteiger partial charge in [-0.05, 0) is 32.1 Å². The molecule has 1 saturated carbocycles. The quantitative estimate of drug-likeness (QED) is 0.763. The molecule has 0 spiro atoms. The number of aryl methyl sites for hydroxylation is 1. The average molecular weight is 205 g/mol. The Labute approximate surface area is 90.9 Å². The molecule has 0 radical (unpaired) electrons. The van der Waals surface area contributed by atoms with Gasteiger partial charge < -0.3 is 5.32 Å². The highest BCUT2D eigenvalue weighted by Crippen LogP contribution is 2.41. The van der Waals surface area contributed by atoms with Crippen molar-refractivity contribution >= 4 is 5.82 Å². The number of nitrogens with one attached hydrogen (secondary N) is 1. The van der Waals surface area contributed by atoms with Crippen molar-refractivity contribution in [3.8, 4) is 0 Å². The molecule has 2 atom stereocenters. The van der Waals surface area contributed by atoms with Crippen LogP contribution in [0.4, 0.5) is 5.82 Å². The van der Waals surface area contributed by atoms with E-state index >= 15 is 0 Å². The van der Waals surface area contributed by atoms with Crippen LogP contribution in [-0.4, -0.2) is 16.3 Å². The van der Waals surface area contributed by atoms with Gasteiger partial charge in [-0.15, -0.1) is 0 Å². The first-order valence-corrected chi connectivity index (χ1v) is 6.13. The fourth-order valence-corrected chi connectivity index (χ4v) is 3.16. The molecular weight excluding hydrogens is 186 g/mol. The molecule has 0 aromatic carbocycles. The van der Waals surface area contributed by atoms with E-state index in [1.807, 2.05) is 0 Å². The van der Waals surface area contributed by atoms with E-state index in [0.29, 0.717) is 6.04 Å². The maximum Gasteiger partial charge on any atom is 0.127 e. The zero-order chi connectivity index (χ0) is 10.4. The van der Waals surface area contributed by atoms with Crippen molar-refractivity contribution in [3.05, 3.63) is 11.3 Å². The summed E-state index contributed by atoms with van der Waals surface area (Å²) in [6, 6.07) is 0.681. The average Bonchev–Trinajstić information content (AvgIpc) is 2.82. The second-order valence-corrected chi connectivity index (χ2v) is 4.86. The van der Waals surface area contributed by atoms with Gasteiger partial charge in [-0.3, -0.25) is 0 Å². The van der Waals surface area contributed by atoms with Crippen LogP contribution in [0.15, 0.2) is 0 Å². The highest BCUT2D eigenvalue weighted by molar-refractivity contribution is 5.49. The molecule has 2 unspecified atom stereocenters. The van der Waals surface area contributed by atoms with Crippen molar-refractivity contribution in [3.63, 3.8) is 0 Å². The molecule has 1 N–H and O–H groups in total. The lowest BCUT2D eigenvalue weighted by molar-refractivity contribution is 0.346. The molecule has 15 heavy (non-hydrogen) atoms. The van der Waals surface area contributed by atoms with Gasteiger partial charge in [0.2, 0.25) is 0 Å². The lowest BCUT2D eigenvalue weighted by atomic mass is 10.0. The SMILES string of the molecule is CCc1nn2c(c1C)NCC1CCCC12. The number of nitrogens with zero attached hydrogens (tertiary/aromatic N) is 2. The largest absolute Gasteiger partial charge is 0.370 e. The molecule has 1 aromatic heterocycles. The Morgan fingerprint density at radius 1 is 1.47 bits per heavy atom. The Hall–Kier alpha value is -0.990. The summed E-state index contributed by atoms with van der Waals surface area (Å²) in [5.74, 6) is 2.11. The Morgan fingerprint density at radius 3 is 3.13 bits per heavy atom. The molecule has 2 heterocycles. The fourth-order valence-electron chi connectivity index (χ4n) is 3.16. The number of hydrogen-bond acceptors (Lipinski definition) is 2. The predicted molar refractivity (Wildman–Crippen MR) is 61.2 cm³/mol. The summed E-state index contributed by atoms with van der Waals surface area (Å²) in [6.45, 7) is 5.54. The van der Waals surface area contributed by atoms with E-state index in [9.17, 15) is 0 Å². The lowest BCUT2D eigenvalue weighted by Gasteiger charge is -2.28. The van der Waals surface area contributed by atoms with Crippen molar-refractivity contribution in [1.82, 2.24) is 9.78 Å². The standard InChI is InChI=1S/C12H19N3/c1-3-10-8(2)12-13-7-9-5-4-6-11(9)15(12)14-10/h9,11,13H,3-7H2,1-2H3. The first-order chi connectivity index (χ1) is 7.31. The van der Waals surface area contributed by atoms with Crippen LogP contribution in [0.5, 0.6) is 0 Å². The minimum absolute atomic E-state index is 0.681. The first-order valence-electron chi connectivity index (χ1n) is 6.13. The highest BCUT2D eigenvalue weighted by atomic mass is 15.4. The van der Waals surface area contributed by atoms with Crippen molar-refractivity contribution < 1.29 is 0 Å². The number of rotatable bonds is 1. The van der Waals surface area contributed by atoms with Crippen molar-refractivity contribution in [2.24, 2.45) is 5.92 Å². The van der Waals surface area contributed by atoms with Crippen LogP contribution in [0.3, 0.4) is 0 Å². The molecule has 1 aliphatic carbocycles. The fraction of sp³-hybridized carbons (Fsp3) is 0.750. The van der Waals surface area contributed by atoms with Crippen LogP contribution < -0.4 is 5.32 Å². The van der Waals surface area contributed by atoms with Crippen molar-refractivity contribution in [1.29, 1.82) is 0 Å². The molecule has 82 valence electrons. The van der Waals surface area contributed by atoms with Gasteiger partial charge in [-0.25, -0.2) is 4.68 Å². The number of hydrogen-bond donors (Lipinski definition) is 1. The van der Waals surface area contributed by atoms with E-state index in [4.69, 9.17) is 5.10 Å². The molecule has 0 amide bonds. The van der Waals surface area contributed by atoms with Crippen LogP contribution in [0.25, 0.3) is 0 Å². The number of anilines is 1. The van der Waals surface area contributed by atoms with Gasteiger partial charge in [0, 0.05) is 12.1 Å². The molecule has 3 rings (SSSR count). The molecule has 0 bridgehead atoms. The maximum atomic E-state index is 4.77. The van der Waals surface area contributed by atoms with Crippen molar-refractivity contribution in [2.75, 3.05) is 11.9 Å². The summed E-state index contributed by atoms with van der Waals surface area (Å²) in [4.78, 5) is 0. The van der Waals surface area contributed by atoms with Crippen LogP contribution in [0.2, 0.25) is 0 Å². The van der Waals surface area contributed by atoms with E-state index in [1.165, 1.54) is 36.3 Å². The van der Waals surface area contributed by atoms with Gasteiger partial charge in [-0.1, -0.05) is 13.3 Å². The van der Waals surface area contributed by atoms with Crippen LogP contribution in [0.1, 0.15) is 43.5 Å². The molecule has 1 aliphatic heterocycles. The minimum atomic E-state index is 0.681. The first kappa shape index (κ1) is 9.25. The third-order valence-electron chi connectivity index (χ3n) is 4.05.